The summed E-state index contributed by atoms with van der Waals surface area (Å²) in [6, 6.07) is 10.8. The molecule has 1 aromatic carbocycles. The van der Waals surface area contributed by atoms with Crippen LogP contribution in [0.2, 0.25) is 0 Å². The molecule has 27 heavy (non-hydrogen) atoms. The van der Waals surface area contributed by atoms with E-state index in [2.05, 4.69) is 15.4 Å². The lowest BCUT2D eigenvalue weighted by Crippen LogP contribution is -2.15. The van der Waals surface area contributed by atoms with Crippen LogP contribution < -0.4 is 11.1 Å². The number of nitrogens with zero attached hydrogens (tertiary/aromatic N) is 3. The molecule has 1 unspecified atom stereocenters. The maximum absolute atomic E-state index is 12.9. The third kappa shape index (κ3) is 2.97. The van der Waals surface area contributed by atoms with Crippen LogP contribution in [0.5, 0.6) is 0 Å². The van der Waals surface area contributed by atoms with Crippen LogP contribution in [-0.2, 0) is 7.05 Å². The summed E-state index contributed by atoms with van der Waals surface area (Å²) in [5, 5.41) is 7.51. The molecule has 1 aliphatic rings. The van der Waals surface area contributed by atoms with Gasteiger partial charge in [0.25, 0.3) is 0 Å². The fourth-order valence-electron chi connectivity index (χ4n) is 3.28. The molecular weight excluding hydrogens is 342 g/mol. The molecule has 136 valence electrons. The third-order valence-electron chi connectivity index (χ3n) is 4.95. The Labute approximate surface area is 156 Å². The first-order chi connectivity index (χ1) is 12.9. The van der Waals surface area contributed by atoms with E-state index in [1.165, 1.54) is 0 Å². The average Bonchev–Trinajstić information content (AvgIpc) is 3.24. The molecule has 0 radical (unpaired) electrons. The highest BCUT2D eigenvalue weighted by Gasteiger charge is 2.32. The van der Waals surface area contributed by atoms with E-state index in [1.807, 2.05) is 32.2 Å². The summed E-state index contributed by atoms with van der Waals surface area (Å²) in [5.74, 6) is -0.0905. The van der Waals surface area contributed by atoms with Gasteiger partial charge in [-0.05, 0) is 36.8 Å². The van der Waals surface area contributed by atoms with E-state index in [1.54, 1.807) is 29.1 Å². The lowest BCUT2D eigenvalue weighted by molar-refractivity contribution is 0.0959. The number of primary amides is 1. The van der Waals surface area contributed by atoms with E-state index in [-0.39, 0.29) is 11.7 Å². The number of ketones is 1. The second-order valence-corrected chi connectivity index (χ2v) is 6.70. The Hall–Kier alpha value is -3.48. The summed E-state index contributed by atoms with van der Waals surface area (Å²) >= 11 is 0. The molecule has 0 bridgehead atoms. The minimum Gasteiger partial charge on any atom is -0.369 e. The molecule has 7 heteroatoms. The number of hydrogen-bond donors (Lipinski definition) is 2. The van der Waals surface area contributed by atoms with Crippen LogP contribution in [-0.4, -0.2) is 33.0 Å². The second-order valence-electron chi connectivity index (χ2n) is 6.70. The molecule has 1 atom stereocenters. The number of pyridine rings is 1. The minimum absolute atomic E-state index is 0.0204. The number of amides is 1. The van der Waals surface area contributed by atoms with E-state index in [9.17, 15) is 9.59 Å². The Kier molecular flexibility index (Phi) is 3.99. The molecular formula is C20H19N5O2. The van der Waals surface area contributed by atoms with Gasteiger partial charge in [-0.1, -0.05) is 12.1 Å². The van der Waals surface area contributed by atoms with Gasteiger partial charge in [0.1, 0.15) is 11.5 Å². The van der Waals surface area contributed by atoms with Crippen molar-refractivity contribution in [3.63, 3.8) is 0 Å². The highest BCUT2D eigenvalue weighted by Crippen LogP contribution is 2.35. The lowest BCUT2D eigenvalue weighted by Gasteiger charge is -2.09. The smallest absolute Gasteiger partial charge is 0.248 e. The molecule has 1 aliphatic heterocycles. The zero-order valence-corrected chi connectivity index (χ0v) is 15.1. The molecule has 1 amide bonds. The van der Waals surface area contributed by atoms with E-state index in [4.69, 9.17) is 5.73 Å². The SMILES string of the molecule is Cc1cc(C(=O)C2CNc3ncc(-c4ccc(C(N)=O)cc4)cc32)nn1C. The van der Waals surface area contributed by atoms with Crippen molar-refractivity contribution in [3.8, 4) is 11.1 Å². The van der Waals surface area contributed by atoms with E-state index >= 15 is 0 Å². The van der Waals surface area contributed by atoms with Gasteiger partial charge in [0.15, 0.2) is 5.78 Å². The van der Waals surface area contributed by atoms with Gasteiger partial charge < -0.3 is 11.1 Å². The van der Waals surface area contributed by atoms with E-state index in [0.717, 1.165) is 28.2 Å². The topological polar surface area (TPSA) is 103 Å². The number of hydrogen-bond acceptors (Lipinski definition) is 5. The Bertz CT molecular complexity index is 1030. The summed E-state index contributed by atoms with van der Waals surface area (Å²) in [5.41, 5.74) is 9.79. The van der Waals surface area contributed by atoms with Crippen molar-refractivity contribution in [1.82, 2.24) is 14.8 Å². The van der Waals surface area contributed by atoms with Gasteiger partial charge in [0, 0.05) is 42.2 Å². The normalized spacial score (nSPS) is 15.3. The quantitative estimate of drug-likeness (QED) is 0.694. The fourth-order valence-corrected chi connectivity index (χ4v) is 3.28. The highest BCUT2D eigenvalue weighted by atomic mass is 16.1. The van der Waals surface area contributed by atoms with Crippen LogP contribution in [0.3, 0.4) is 0 Å². The third-order valence-corrected chi connectivity index (χ3v) is 4.95. The fraction of sp³-hybridized carbons (Fsp3) is 0.200. The summed E-state index contributed by atoms with van der Waals surface area (Å²) in [4.78, 5) is 28.6. The predicted molar refractivity (Wildman–Crippen MR) is 102 cm³/mol. The average molecular weight is 361 g/mol. The van der Waals surface area contributed by atoms with Gasteiger partial charge in [0.05, 0.1) is 5.92 Å². The number of nitrogens with two attached hydrogens (primary N) is 1. The number of nitrogens with one attached hydrogen (secondary N) is 1. The molecule has 0 fully saturated rings. The summed E-state index contributed by atoms with van der Waals surface area (Å²) in [6.45, 7) is 2.42. The Balaban J connectivity index is 1.67. The molecule has 0 aliphatic carbocycles. The van der Waals surface area contributed by atoms with Crippen molar-refractivity contribution < 1.29 is 9.59 Å². The second kappa shape index (κ2) is 6.35. The number of anilines is 1. The van der Waals surface area contributed by atoms with Crippen LogP contribution in [0.15, 0.2) is 42.6 Å². The van der Waals surface area contributed by atoms with Crippen molar-refractivity contribution >= 4 is 17.5 Å². The molecule has 3 heterocycles. The number of carbonyl (C=O) groups is 2. The van der Waals surface area contributed by atoms with E-state index < -0.39 is 5.91 Å². The molecule has 3 N–H and O–H groups in total. The first kappa shape index (κ1) is 17.0. The van der Waals surface area contributed by atoms with Gasteiger partial charge in [-0.2, -0.15) is 5.10 Å². The van der Waals surface area contributed by atoms with E-state index in [0.29, 0.717) is 17.8 Å². The number of carbonyl (C=O) groups excluding carboxylic acids is 2. The van der Waals surface area contributed by atoms with Gasteiger partial charge >= 0.3 is 0 Å². The molecule has 4 rings (SSSR count). The zero-order chi connectivity index (χ0) is 19.1. The van der Waals surface area contributed by atoms with Crippen LogP contribution in [0.4, 0.5) is 5.82 Å². The Morgan fingerprint density at radius 3 is 2.56 bits per heavy atom. The number of Topliss-reactive ketones (excluding diaryl/α,β-unsaturated/α-hetero) is 1. The molecule has 3 aromatic rings. The van der Waals surface area contributed by atoms with Crippen molar-refractivity contribution in [2.45, 2.75) is 12.8 Å². The number of aryl methyl sites for hydroxylation is 2. The van der Waals surface area contributed by atoms with Gasteiger partial charge in [-0.3, -0.25) is 14.3 Å². The Morgan fingerprint density at radius 1 is 1.19 bits per heavy atom. The van der Waals surface area contributed by atoms with Crippen molar-refractivity contribution in [2.24, 2.45) is 12.8 Å². The van der Waals surface area contributed by atoms with Crippen LogP contribution in [0, 0.1) is 6.92 Å². The molecule has 0 spiro atoms. The minimum atomic E-state index is -0.464. The maximum atomic E-state index is 12.9. The summed E-state index contributed by atoms with van der Waals surface area (Å²) in [6.07, 6.45) is 1.75. The monoisotopic (exact) mass is 361 g/mol. The summed E-state index contributed by atoms with van der Waals surface area (Å²) < 4.78 is 1.70. The Morgan fingerprint density at radius 2 is 1.93 bits per heavy atom. The first-order valence-electron chi connectivity index (χ1n) is 8.63. The first-order valence-corrected chi connectivity index (χ1v) is 8.63. The highest BCUT2D eigenvalue weighted by molar-refractivity contribution is 6.01. The lowest BCUT2D eigenvalue weighted by atomic mass is 9.94. The van der Waals surface area contributed by atoms with Crippen LogP contribution in [0.25, 0.3) is 11.1 Å². The van der Waals surface area contributed by atoms with Crippen LogP contribution in [0.1, 0.15) is 38.0 Å². The van der Waals surface area contributed by atoms with Gasteiger partial charge in [0.2, 0.25) is 5.91 Å². The number of aromatic nitrogens is 3. The summed E-state index contributed by atoms with van der Waals surface area (Å²) in [7, 11) is 1.82. The van der Waals surface area contributed by atoms with Crippen molar-refractivity contribution in [1.29, 1.82) is 0 Å². The molecule has 7 nitrogen and oxygen atoms in total. The van der Waals surface area contributed by atoms with Crippen molar-refractivity contribution in [3.05, 3.63) is 65.1 Å². The molecule has 2 aromatic heterocycles. The van der Waals surface area contributed by atoms with Gasteiger partial charge in [-0.15, -0.1) is 0 Å². The van der Waals surface area contributed by atoms with Crippen molar-refractivity contribution in [2.75, 3.05) is 11.9 Å². The predicted octanol–water partition coefficient (Wildman–Crippen LogP) is 2.28. The number of rotatable bonds is 4. The number of benzene rings is 1. The largest absolute Gasteiger partial charge is 0.369 e. The standard InChI is InChI=1S/C20H19N5O2/c1-11-7-17(24-25(11)2)18(26)16-10-23-20-15(16)8-14(9-22-20)12-3-5-13(6-4-12)19(21)27/h3-9,16H,10H2,1-2H3,(H2,21,27)(H,22,23). The van der Waals surface area contributed by atoms with Gasteiger partial charge in [-0.25, -0.2) is 4.98 Å². The molecule has 0 saturated heterocycles. The number of fused-ring (bicyclic) bond motifs is 1. The maximum Gasteiger partial charge on any atom is 0.248 e. The zero-order valence-electron chi connectivity index (χ0n) is 15.1. The van der Waals surface area contributed by atoms with Crippen LogP contribution >= 0.6 is 0 Å². The molecule has 0 saturated carbocycles.